The number of aromatic nitrogens is 5. The molecule has 1 atom stereocenters. The highest BCUT2D eigenvalue weighted by Gasteiger charge is 2.43. The summed E-state index contributed by atoms with van der Waals surface area (Å²) in [6, 6.07) is 6.50. The van der Waals surface area contributed by atoms with Gasteiger partial charge in [-0.15, -0.1) is 0 Å². The van der Waals surface area contributed by atoms with Crippen molar-refractivity contribution < 1.29 is 4.74 Å². The van der Waals surface area contributed by atoms with Crippen molar-refractivity contribution in [3.8, 4) is 5.75 Å². The van der Waals surface area contributed by atoms with Gasteiger partial charge in [0.05, 0.1) is 19.9 Å². The molecule has 0 amide bonds. The minimum absolute atomic E-state index is 0.264. The second-order valence-corrected chi connectivity index (χ2v) is 8.10. The third-order valence-corrected chi connectivity index (χ3v) is 6.33. The molecule has 0 radical (unpaired) electrons. The summed E-state index contributed by atoms with van der Waals surface area (Å²) in [6.45, 7) is 3.88. The van der Waals surface area contributed by atoms with E-state index in [1.165, 1.54) is 36.1 Å². The Balaban J connectivity index is 1.34. The number of rotatable bonds is 5. The standard InChI is InChI=1S/C21H26N6O/c1-28-19-4-3-16(9-18(19)12-27-15-22-14-24-27)11-26-8-2-6-21(13-26)7-5-17-10-23-25-20(17)21/h3-4,9-10,14-15H,2,5-8,11-13H2,1H3,(H,23,25). The Morgan fingerprint density at radius 3 is 3.07 bits per heavy atom. The number of H-pyrrole nitrogens is 1. The van der Waals surface area contributed by atoms with Gasteiger partial charge < -0.3 is 4.74 Å². The zero-order valence-corrected chi connectivity index (χ0v) is 16.3. The van der Waals surface area contributed by atoms with Gasteiger partial charge in [0.25, 0.3) is 0 Å². The van der Waals surface area contributed by atoms with Crippen LogP contribution in [-0.4, -0.2) is 50.1 Å². The van der Waals surface area contributed by atoms with Crippen LogP contribution in [0.2, 0.25) is 0 Å². The van der Waals surface area contributed by atoms with Crippen molar-refractivity contribution in [2.24, 2.45) is 0 Å². The molecular weight excluding hydrogens is 352 g/mol. The van der Waals surface area contributed by atoms with Gasteiger partial charge in [-0.3, -0.25) is 10.00 Å². The monoisotopic (exact) mass is 378 g/mol. The van der Waals surface area contributed by atoms with Crippen molar-refractivity contribution in [1.29, 1.82) is 0 Å². The van der Waals surface area contributed by atoms with Crippen LogP contribution in [0.3, 0.4) is 0 Å². The first-order valence-electron chi connectivity index (χ1n) is 9.99. The van der Waals surface area contributed by atoms with Crippen LogP contribution in [-0.2, 0) is 24.9 Å². The topological polar surface area (TPSA) is 71.9 Å². The molecule has 1 aliphatic carbocycles. The molecule has 2 aliphatic rings. The van der Waals surface area contributed by atoms with E-state index in [-0.39, 0.29) is 5.41 Å². The molecule has 1 aromatic carbocycles. The van der Waals surface area contributed by atoms with Gasteiger partial charge in [0.15, 0.2) is 0 Å². The van der Waals surface area contributed by atoms with E-state index < -0.39 is 0 Å². The van der Waals surface area contributed by atoms with Crippen molar-refractivity contribution in [1.82, 2.24) is 29.9 Å². The van der Waals surface area contributed by atoms with E-state index in [1.54, 1.807) is 19.8 Å². The first-order chi connectivity index (χ1) is 13.8. The molecule has 28 heavy (non-hydrogen) atoms. The fourth-order valence-electron chi connectivity index (χ4n) is 5.03. The molecule has 1 spiro atoms. The van der Waals surface area contributed by atoms with Crippen molar-refractivity contribution in [2.75, 3.05) is 20.2 Å². The lowest BCUT2D eigenvalue weighted by molar-refractivity contribution is 0.136. The zero-order valence-electron chi connectivity index (χ0n) is 16.3. The lowest BCUT2D eigenvalue weighted by atomic mass is 9.77. The lowest BCUT2D eigenvalue weighted by Gasteiger charge is -2.40. The molecule has 1 aliphatic heterocycles. The second-order valence-electron chi connectivity index (χ2n) is 8.10. The molecule has 1 N–H and O–H groups in total. The van der Waals surface area contributed by atoms with Crippen LogP contribution < -0.4 is 4.74 Å². The minimum Gasteiger partial charge on any atom is -0.496 e. The van der Waals surface area contributed by atoms with Gasteiger partial charge in [-0.1, -0.05) is 6.07 Å². The summed E-state index contributed by atoms with van der Waals surface area (Å²) in [6.07, 6.45) is 10.2. The summed E-state index contributed by atoms with van der Waals surface area (Å²) in [5, 5.41) is 11.8. The number of aryl methyl sites for hydroxylation is 1. The number of nitrogens with one attached hydrogen (secondary N) is 1. The number of fused-ring (bicyclic) bond motifs is 2. The highest BCUT2D eigenvalue weighted by molar-refractivity contribution is 5.38. The van der Waals surface area contributed by atoms with Gasteiger partial charge in [0, 0.05) is 29.8 Å². The summed E-state index contributed by atoms with van der Waals surface area (Å²) >= 11 is 0. The molecular formula is C21H26N6O. The first kappa shape index (κ1) is 17.4. The Kier molecular flexibility index (Phi) is 4.39. The summed E-state index contributed by atoms with van der Waals surface area (Å²) in [4.78, 5) is 6.64. The fourth-order valence-corrected chi connectivity index (χ4v) is 5.03. The molecule has 146 valence electrons. The third-order valence-electron chi connectivity index (χ3n) is 6.33. The molecule has 0 bridgehead atoms. The van der Waals surface area contributed by atoms with Gasteiger partial charge >= 0.3 is 0 Å². The number of methoxy groups -OCH3 is 1. The van der Waals surface area contributed by atoms with E-state index in [0.717, 1.165) is 37.4 Å². The quantitative estimate of drug-likeness (QED) is 0.739. The average Bonchev–Trinajstić information content (AvgIpc) is 3.44. The molecule has 7 nitrogen and oxygen atoms in total. The maximum atomic E-state index is 5.56. The summed E-state index contributed by atoms with van der Waals surface area (Å²) in [5.74, 6) is 0.896. The van der Waals surface area contributed by atoms with E-state index >= 15 is 0 Å². The normalized spacial score (nSPS) is 21.9. The van der Waals surface area contributed by atoms with Crippen LogP contribution in [0.25, 0.3) is 0 Å². The van der Waals surface area contributed by atoms with E-state index in [9.17, 15) is 0 Å². The number of benzene rings is 1. The Hall–Kier alpha value is -2.67. The molecule has 1 saturated heterocycles. The van der Waals surface area contributed by atoms with Gasteiger partial charge in [0.1, 0.15) is 18.4 Å². The summed E-state index contributed by atoms with van der Waals surface area (Å²) in [7, 11) is 1.72. The number of hydrogen-bond donors (Lipinski definition) is 1. The van der Waals surface area contributed by atoms with Crippen LogP contribution in [0.1, 0.15) is 41.6 Å². The highest BCUT2D eigenvalue weighted by atomic mass is 16.5. The number of hydrogen-bond acceptors (Lipinski definition) is 5. The number of ether oxygens (including phenoxy) is 1. The maximum absolute atomic E-state index is 5.56. The largest absolute Gasteiger partial charge is 0.496 e. The van der Waals surface area contributed by atoms with E-state index in [4.69, 9.17) is 4.74 Å². The minimum atomic E-state index is 0.264. The zero-order chi connectivity index (χ0) is 19.0. The van der Waals surface area contributed by atoms with E-state index in [2.05, 4.69) is 43.4 Å². The number of piperidine rings is 1. The van der Waals surface area contributed by atoms with Crippen molar-refractivity contribution >= 4 is 0 Å². The smallest absolute Gasteiger partial charge is 0.137 e. The van der Waals surface area contributed by atoms with Crippen molar-refractivity contribution in [3.63, 3.8) is 0 Å². The third kappa shape index (κ3) is 3.09. The SMILES string of the molecule is COc1ccc(CN2CCCC3(CCc4cn[nH]c43)C2)cc1Cn1cncn1. The Bertz CT molecular complexity index is 950. The van der Waals surface area contributed by atoms with Gasteiger partial charge in [-0.2, -0.15) is 10.2 Å². The maximum Gasteiger partial charge on any atom is 0.137 e. The molecule has 0 saturated carbocycles. The van der Waals surface area contributed by atoms with E-state index in [1.807, 2.05) is 10.9 Å². The second kappa shape index (κ2) is 7.05. The Morgan fingerprint density at radius 2 is 2.21 bits per heavy atom. The summed E-state index contributed by atoms with van der Waals surface area (Å²) < 4.78 is 7.39. The van der Waals surface area contributed by atoms with Crippen LogP contribution >= 0.6 is 0 Å². The number of aromatic amines is 1. The lowest BCUT2D eigenvalue weighted by Crippen LogP contribution is -2.44. The van der Waals surface area contributed by atoms with Crippen LogP contribution in [0.4, 0.5) is 0 Å². The Morgan fingerprint density at radius 1 is 1.25 bits per heavy atom. The molecule has 3 heterocycles. The van der Waals surface area contributed by atoms with Crippen molar-refractivity contribution in [3.05, 3.63) is 59.4 Å². The fraction of sp³-hybridized carbons (Fsp3) is 0.476. The molecule has 5 rings (SSSR count). The van der Waals surface area contributed by atoms with Gasteiger partial charge in [0.2, 0.25) is 0 Å². The van der Waals surface area contributed by atoms with Gasteiger partial charge in [-0.05, 0) is 55.5 Å². The predicted molar refractivity (Wildman–Crippen MR) is 105 cm³/mol. The molecule has 2 aromatic heterocycles. The molecule has 7 heteroatoms. The van der Waals surface area contributed by atoms with E-state index in [0.29, 0.717) is 6.54 Å². The predicted octanol–water partition coefficient (Wildman–Crippen LogP) is 2.54. The number of nitrogens with zero attached hydrogens (tertiary/aromatic N) is 5. The highest BCUT2D eigenvalue weighted by Crippen LogP contribution is 2.44. The Labute approximate surface area is 164 Å². The van der Waals surface area contributed by atoms with Crippen molar-refractivity contribution in [2.45, 2.75) is 44.2 Å². The summed E-state index contributed by atoms with van der Waals surface area (Å²) in [5.41, 5.74) is 5.52. The average molecular weight is 378 g/mol. The molecule has 1 fully saturated rings. The first-order valence-corrected chi connectivity index (χ1v) is 9.99. The molecule has 3 aromatic rings. The van der Waals surface area contributed by atoms with Gasteiger partial charge in [-0.25, -0.2) is 9.67 Å². The number of likely N-dealkylation sites (tertiary alicyclic amines) is 1. The van der Waals surface area contributed by atoms with Crippen LogP contribution in [0.15, 0.2) is 37.1 Å². The van der Waals surface area contributed by atoms with Crippen LogP contribution in [0, 0.1) is 0 Å². The van der Waals surface area contributed by atoms with Crippen LogP contribution in [0.5, 0.6) is 5.75 Å². The molecule has 1 unspecified atom stereocenters.